The molecule has 0 amide bonds. The lowest BCUT2D eigenvalue weighted by molar-refractivity contribution is 1.10. The summed E-state index contributed by atoms with van der Waals surface area (Å²) in [4.78, 5) is 8.46. The highest BCUT2D eigenvalue weighted by Gasteiger charge is 2.23. The number of pyridine rings is 1. The lowest BCUT2D eigenvalue weighted by Crippen LogP contribution is -2.04. The Morgan fingerprint density at radius 3 is 1.41 bits per heavy atom. The van der Waals surface area contributed by atoms with Crippen LogP contribution >= 0.6 is 0 Å². The largest absolute Gasteiger partial charge is 0.308 e. The van der Waals surface area contributed by atoms with E-state index in [1.165, 1.54) is 66.1 Å². The van der Waals surface area contributed by atoms with Gasteiger partial charge in [0.2, 0.25) is 0 Å². The maximum atomic E-state index is 8.48. The molecule has 56 heavy (non-hydrogen) atoms. The molecule has 3 heterocycles. The van der Waals surface area contributed by atoms with Crippen molar-refractivity contribution >= 4 is 49.3 Å². The van der Waals surface area contributed by atoms with Crippen LogP contribution in [0.5, 0.6) is 0 Å². The minimum absolute atomic E-state index is 0.589. The van der Waals surface area contributed by atoms with E-state index in [1.54, 1.807) is 12.4 Å². The van der Waals surface area contributed by atoms with Crippen LogP contribution in [0, 0.1) is 34.3 Å². The quantitative estimate of drug-likeness (QED) is 0.163. The number of para-hydroxylation sites is 2. The van der Waals surface area contributed by atoms with Crippen LogP contribution < -0.4 is 0 Å². The molecule has 0 atom stereocenters. The zero-order valence-electron chi connectivity index (χ0n) is 31.8. The van der Waals surface area contributed by atoms with Gasteiger partial charge in [-0.2, -0.15) is 0 Å². The van der Waals surface area contributed by atoms with Gasteiger partial charge in [-0.3, -0.25) is 4.98 Å². The van der Waals surface area contributed by atoms with Crippen molar-refractivity contribution in [2.45, 2.75) is 27.7 Å². The van der Waals surface area contributed by atoms with Gasteiger partial charge in [0.1, 0.15) is 0 Å². The Balaban J connectivity index is 1.31. The van der Waals surface area contributed by atoms with Crippen LogP contribution in [0.1, 0.15) is 22.3 Å². The summed E-state index contributed by atoms with van der Waals surface area (Å²) < 4.78 is 4.76. The molecule has 0 saturated carbocycles. The predicted octanol–water partition coefficient (Wildman–Crippen LogP) is 14.1. The number of aromatic nitrogens is 3. The van der Waals surface area contributed by atoms with Gasteiger partial charge in [0.05, 0.1) is 40.0 Å². The lowest BCUT2D eigenvalue weighted by atomic mass is 9.97. The molecular formula is C52H38N4. The van der Waals surface area contributed by atoms with E-state index in [1.807, 2.05) is 12.1 Å². The highest BCUT2D eigenvalue weighted by atomic mass is 15.1. The third-order valence-corrected chi connectivity index (χ3v) is 11.4. The molecule has 4 nitrogen and oxygen atoms in total. The monoisotopic (exact) mass is 718 g/mol. The van der Waals surface area contributed by atoms with Crippen molar-refractivity contribution in [3.8, 4) is 44.8 Å². The number of nitrogens with zero attached hydrogens (tertiary/aromatic N) is 4. The molecule has 10 aromatic rings. The van der Waals surface area contributed by atoms with Gasteiger partial charge in [-0.05, 0) is 133 Å². The highest BCUT2D eigenvalue weighted by molar-refractivity contribution is 6.13. The van der Waals surface area contributed by atoms with Gasteiger partial charge < -0.3 is 9.13 Å². The van der Waals surface area contributed by atoms with Crippen molar-refractivity contribution in [3.05, 3.63) is 192 Å². The number of aryl methyl sites for hydroxylation is 4. The zero-order valence-corrected chi connectivity index (χ0v) is 31.8. The molecule has 0 fully saturated rings. The van der Waals surface area contributed by atoms with Crippen LogP contribution in [-0.2, 0) is 0 Å². The first kappa shape index (κ1) is 33.4. The first-order valence-electron chi connectivity index (χ1n) is 19.1. The van der Waals surface area contributed by atoms with Crippen LogP contribution in [0.2, 0.25) is 0 Å². The minimum Gasteiger partial charge on any atom is -0.308 e. The van der Waals surface area contributed by atoms with Gasteiger partial charge in [0, 0.05) is 33.9 Å². The summed E-state index contributed by atoms with van der Waals surface area (Å²) in [6.07, 6.45) is 3.60. The van der Waals surface area contributed by atoms with E-state index in [4.69, 9.17) is 6.57 Å². The summed E-state index contributed by atoms with van der Waals surface area (Å²) in [6.45, 7) is 17.1. The fraction of sp³-hybridized carbons (Fsp3) is 0.0769. The van der Waals surface area contributed by atoms with E-state index in [0.717, 1.165) is 44.6 Å². The topological polar surface area (TPSA) is 27.1 Å². The number of rotatable bonds is 5. The van der Waals surface area contributed by atoms with Crippen molar-refractivity contribution in [1.82, 2.24) is 14.1 Å². The molecule has 0 N–H and O–H groups in total. The predicted molar refractivity (Wildman–Crippen MR) is 234 cm³/mol. The molecule has 0 aliphatic carbocycles. The highest BCUT2D eigenvalue weighted by Crippen LogP contribution is 2.44. The summed E-state index contributed by atoms with van der Waals surface area (Å²) in [7, 11) is 0. The fourth-order valence-corrected chi connectivity index (χ4v) is 8.85. The maximum Gasteiger partial charge on any atom is 0.197 e. The third-order valence-electron chi connectivity index (χ3n) is 11.4. The summed E-state index contributed by atoms with van der Waals surface area (Å²) in [5.41, 5.74) is 18.6. The van der Waals surface area contributed by atoms with Crippen molar-refractivity contribution in [2.24, 2.45) is 0 Å². The molecule has 0 radical (unpaired) electrons. The van der Waals surface area contributed by atoms with Crippen LogP contribution in [0.4, 0.5) is 5.69 Å². The summed E-state index contributed by atoms with van der Waals surface area (Å²) in [6, 6.07) is 52.7. The van der Waals surface area contributed by atoms with Gasteiger partial charge in [-0.25, -0.2) is 4.85 Å². The van der Waals surface area contributed by atoms with Crippen LogP contribution in [0.15, 0.2) is 158 Å². The second-order valence-corrected chi connectivity index (χ2v) is 15.0. The van der Waals surface area contributed by atoms with E-state index in [0.29, 0.717) is 5.69 Å². The molecule has 0 aliphatic heterocycles. The van der Waals surface area contributed by atoms with Crippen LogP contribution in [-0.4, -0.2) is 14.1 Å². The summed E-state index contributed by atoms with van der Waals surface area (Å²) >= 11 is 0. The Morgan fingerprint density at radius 1 is 0.429 bits per heavy atom. The SMILES string of the molecule is [C-]#[N+]c1cc(-n2c3ccccc3c3cc(-c4ccc(C)cc4C)ccc32)c(-n2c3ccccc3c3cc(-c4ccc(C)cc4C)ccc32)cc1-c1ccncc1. The molecule has 266 valence electrons. The second-order valence-electron chi connectivity index (χ2n) is 15.0. The molecule has 0 aliphatic rings. The van der Waals surface area contributed by atoms with E-state index in [9.17, 15) is 0 Å². The average molecular weight is 719 g/mol. The minimum atomic E-state index is 0.589. The molecule has 10 rings (SSSR count). The number of fused-ring (bicyclic) bond motifs is 6. The Morgan fingerprint density at radius 2 is 0.911 bits per heavy atom. The normalized spacial score (nSPS) is 11.6. The average Bonchev–Trinajstić information content (AvgIpc) is 3.73. The Kier molecular flexibility index (Phi) is 7.73. The molecule has 0 spiro atoms. The summed E-state index contributed by atoms with van der Waals surface area (Å²) in [5.74, 6) is 0. The molecule has 7 aromatic carbocycles. The van der Waals surface area contributed by atoms with E-state index in [2.05, 4.69) is 180 Å². The molecule has 3 aromatic heterocycles. The van der Waals surface area contributed by atoms with Crippen LogP contribution in [0.3, 0.4) is 0 Å². The van der Waals surface area contributed by atoms with Crippen LogP contribution in [0.25, 0.3) is 93.2 Å². The first-order chi connectivity index (χ1) is 27.4. The van der Waals surface area contributed by atoms with Gasteiger partial charge in [0.25, 0.3) is 0 Å². The zero-order chi connectivity index (χ0) is 38.1. The first-order valence-corrected chi connectivity index (χ1v) is 19.1. The van der Waals surface area contributed by atoms with Gasteiger partial charge in [-0.1, -0.05) is 96.1 Å². The fourth-order valence-electron chi connectivity index (χ4n) is 8.85. The van der Waals surface area contributed by atoms with E-state index >= 15 is 0 Å². The lowest BCUT2D eigenvalue weighted by Gasteiger charge is -2.20. The summed E-state index contributed by atoms with van der Waals surface area (Å²) in [5, 5.41) is 4.71. The Labute approximate surface area is 326 Å². The van der Waals surface area contributed by atoms with Gasteiger partial charge in [0.15, 0.2) is 5.69 Å². The number of benzene rings is 7. The van der Waals surface area contributed by atoms with Gasteiger partial charge in [-0.15, -0.1) is 0 Å². The van der Waals surface area contributed by atoms with E-state index in [-0.39, 0.29) is 0 Å². The smallest absolute Gasteiger partial charge is 0.197 e. The van der Waals surface area contributed by atoms with Crippen molar-refractivity contribution in [2.75, 3.05) is 0 Å². The molecular weight excluding hydrogens is 681 g/mol. The maximum absolute atomic E-state index is 8.48. The molecule has 0 saturated heterocycles. The Hall–Kier alpha value is -7.22. The van der Waals surface area contributed by atoms with Crippen molar-refractivity contribution in [3.63, 3.8) is 0 Å². The Bertz CT molecular complexity index is 3240. The number of hydrogen-bond donors (Lipinski definition) is 0. The van der Waals surface area contributed by atoms with Crippen molar-refractivity contribution < 1.29 is 0 Å². The molecule has 4 heteroatoms. The molecule has 0 bridgehead atoms. The van der Waals surface area contributed by atoms with Crippen molar-refractivity contribution in [1.29, 1.82) is 0 Å². The van der Waals surface area contributed by atoms with E-state index < -0.39 is 0 Å². The third kappa shape index (κ3) is 5.24. The number of hydrogen-bond acceptors (Lipinski definition) is 1. The van der Waals surface area contributed by atoms with Gasteiger partial charge >= 0.3 is 0 Å². The molecule has 0 unspecified atom stereocenters. The second kappa shape index (κ2) is 13.0. The standard InChI is InChI=1S/C52H38N4/c1-32-14-18-39(34(3)26-32)37-16-20-49-44(28-37)41-10-6-8-12-47(41)55(49)51-30-43(36-22-24-54-25-23-36)46(53-5)31-52(51)56-48-13-9-7-11-42(48)45-29-38(17-21-50(45)56)40-19-15-33(2)27-35(40)4/h6-31H,1-4H3.